The van der Waals surface area contributed by atoms with Gasteiger partial charge in [0.2, 0.25) is 0 Å². The smallest absolute Gasteiger partial charge is 0.135 e. The third-order valence-electron chi connectivity index (χ3n) is 1.68. The summed E-state index contributed by atoms with van der Waals surface area (Å²) in [6.45, 7) is -0.206. The third-order valence-corrected chi connectivity index (χ3v) is 3.01. The van der Waals surface area contributed by atoms with E-state index in [1.807, 2.05) is 0 Å². The highest BCUT2D eigenvalue weighted by Crippen LogP contribution is 2.36. The van der Waals surface area contributed by atoms with Crippen LogP contribution in [0.3, 0.4) is 0 Å². The number of benzene rings is 1. The van der Waals surface area contributed by atoms with Gasteiger partial charge in [0.05, 0.1) is 17.1 Å². The zero-order valence-corrected chi connectivity index (χ0v) is 9.84. The number of rotatable bonds is 2. The van der Waals surface area contributed by atoms with Gasteiger partial charge in [-0.05, 0) is 28.1 Å². The number of hydrogen-bond acceptors (Lipinski definition) is 3. The fourth-order valence-corrected chi connectivity index (χ4v) is 1.96. The normalized spacial score (nSPS) is 12.9. The first-order chi connectivity index (χ1) is 6.07. The molecular formula is C8H9Br2NO2. The molecule has 0 fully saturated rings. The Morgan fingerprint density at radius 2 is 1.85 bits per heavy atom. The number of hydrogen-bond donors (Lipinski definition) is 3. The van der Waals surface area contributed by atoms with Crippen molar-refractivity contribution in [3.05, 3.63) is 26.6 Å². The average molecular weight is 311 g/mol. The van der Waals surface area contributed by atoms with E-state index in [1.54, 1.807) is 12.1 Å². The molecule has 0 aliphatic heterocycles. The second-order valence-corrected chi connectivity index (χ2v) is 4.29. The molecule has 0 saturated heterocycles. The van der Waals surface area contributed by atoms with E-state index in [0.29, 0.717) is 14.5 Å². The summed E-state index contributed by atoms with van der Waals surface area (Å²) in [6, 6.07) is 2.88. The molecule has 13 heavy (non-hydrogen) atoms. The molecule has 0 aliphatic carbocycles. The van der Waals surface area contributed by atoms with Crippen LogP contribution >= 0.6 is 31.9 Å². The SMILES string of the molecule is N[C@@H](CO)c1c(Br)ccc(Br)c1O. The van der Waals surface area contributed by atoms with Gasteiger partial charge < -0.3 is 15.9 Å². The summed E-state index contributed by atoms with van der Waals surface area (Å²) in [5.41, 5.74) is 6.11. The molecule has 1 aromatic carbocycles. The van der Waals surface area contributed by atoms with E-state index in [2.05, 4.69) is 31.9 Å². The highest BCUT2D eigenvalue weighted by Gasteiger charge is 2.15. The first kappa shape index (κ1) is 11.0. The second-order valence-electron chi connectivity index (χ2n) is 2.58. The van der Waals surface area contributed by atoms with Crippen molar-refractivity contribution in [2.45, 2.75) is 6.04 Å². The fraction of sp³-hybridized carbons (Fsp3) is 0.250. The van der Waals surface area contributed by atoms with Gasteiger partial charge in [-0.1, -0.05) is 15.9 Å². The minimum absolute atomic E-state index is 0.0657. The Morgan fingerprint density at radius 3 is 2.38 bits per heavy atom. The Bertz CT molecular complexity index is 317. The maximum atomic E-state index is 9.61. The summed E-state index contributed by atoms with van der Waals surface area (Å²) in [6.07, 6.45) is 0. The molecule has 0 aliphatic rings. The van der Waals surface area contributed by atoms with Crippen molar-refractivity contribution >= 4 is 31.9 Å². The Kier molecular flexibility index (Phi) is 3.73. The average Bonchev–Trinajstić information content (AvgIpc) is 2.12. The molecule has 3 nitrogen and oxygen atoms in total. The third kappa shape index (κ3) is 2.22. The monoisotopic (exact) mass is 309 g/mol. The van der Waals surface area contributed by atoms with Gasteiger partial charge >= 0.3 is 0 Å². The van der Waals surface area contributed by atoms with E-state index in [9.17, 15) is 5.11 Å². The van der Waals surface area contributed by atoms with Crippen molar-refractivity contribution in [3.63, 3.8) is 0 Å². The summed E-state index contributed by atoms with van der Waals surface area (Å²) in [4.78, 5) is 0. The Hall–Kier alpha value is -0.100. The van der Waals surface area contributed by atoms with Gasteiger partial charge in [0.1, 0.15) is 5.75 Å². The highest BCUT2D eigenvalue weighted by molar-refractivity contribution is 9.11. The van der Waals surface area contributed by atoms with Crippen LogP contribution in [-0.4, -0.2) is 16.8 Å². The van der Waals surface area contributed by atoms with Gasteiger partial charge in [0.25, 0.3) is 0 Å². The fourth-order valence-electron chi connectivity index (χ4n) is 1.00. The molecule has 0 spiro atoms. The maximum Gasteiger partial charge on any atom is 0.135 e. The van der Waals surface area contributed by atoms with E-state index in [-0.39, 0.29) is 12.4 Å². The predicted octanol–water partition coefficient (Wildman–Crippen LogP) is 1.91. The van der Waals surface area contributed by atoms with Crippen LogP contribution in [0.25, 0.3) is 0 Å². The topological polar surface area (TPSA) is 66.5 Å². The number of phenols is 1. The summed E-state index contributed by atoms with van der Waals surface area (Å²) in [5.74, 6) is 0.0657. The Morgan fingerprint density at radius 1 is 1.31 bits per heavy atom. The van der Waals surface area contributed by atoms with Crippen molar-refractivity contribution < 1.29 is 10.2 Å². The summed E-state index contributed by atoms with van der Waals surface area (Å²) in [5, 5.41) is 18.5. The Balaban J connectivity index is 3.25. The van der Waals surface area contributed by atoms with Crippen molar-refractivity contribution in [1.82, 2.24) is 0 Å². The standard InChI is InChI=1S/C8H9Br2NO2/c9-4-1-2-5(10)8(13)7(4)6(11)3-12/h1-2,6,12-13H,3,11H2/t6-/m0/s1. The van der Waals surface area contributed by atoms with Crippen molar-refractivity contribution in [2.75, 3.05) is 6.61 Å². The van der Waals surface area contributed by atoms with Gasteiger partial charge in [-0.3, -0.25) is 0 Å². The Labute approximate surface area is 92.8 Å². The lowest BCUT2D eigenvalue weighted by atomic mass is 10.1. The first-order valence-electron chi connectivity index (χ1n) is 3.61. The van der Waals surface area contributed by atoms with Crippen LogP contribution in [0.4, 0.5) is 0 Å². The van der Waals surface area contributed by atoms with Gasteiger partial charge in [0, 0.05) is 10.0 Å². The molecule has 1 aromatic rings. The van der Waals surface area contributed by atoms with Crippen LogP contribution < -0.4 is 5.73 Å². The molecule has 72 valence electrons. The van der Waals surface area contributed by atoms with Crippen LogP contribution in [-0.2, 0) is 0 Å². The van der Waals surface area contributed by atoms with E-state index < -0.39 is 6.04 Å². The van der Waals surface area contributed by atoms with Crippen LogP contribution in [0, 0.1) is 0 Å². The summed E-state index contributed by atoms with van der Waals surface area (Å²) < 4.78 is 1.25. The minimum atomic E-state index is -0.577. The van der Waals surface area contributed by atoms with Crippen LogP contribution in [0.1, 0.15) is 11.6 Å². The lowest BCUT2D eigenvalue weighted by Gasteiger charge is -2.13. The zero-order chi connectivity index (χ0) is 10.0. The number of phenolic OH excluding ortho intramolecular Hbond substituents is 1. The van der Waals surface area contributed by atoms with Crippen molar-refractivity contribution in [2.24, 2.45) is 5.73 Å². The first-order valence-corrected chi connectivity index (χ1v) is 5.19. The molecule has 0 aromatic heterocycles. The molecule has 1 rings (SSSR count). The molecule has 0 radical (unpaired) electrons. The van der Waals surface area contributed by atoms with Crippen molar-refractivity contribution in [3.8, 4) is 5.75 Å². The molecule has 0 bridgehead atoms. The van der Waals surface area contributed by atoms with Crippen molar-refractivity contribution in [1.29, 1.82) is 0 Å². The summed E-state index contributed by atoms with van der Waals surface area (Å²) >= 11 is 6.42. The molecule has 1 atom stereocenters. The number of nitrogens with two attached hydrogens (primary N) is 1. The summed E-state index contributed by atoms with van der Waals surface area (Å²) in [7, 11) is 0. The largest absolute Gasteiger partial charge is 0.506 e. The molecule has 5 heteroatoms. The quantitative estimate of drug-likeness (QED) is 0.782. The number of halogens is 2. The van der Waals surface area contributed by atoms with E-state index in [4.69, 9.17) is 10.8 Å². The lowest BCUT2D eigenvalue weighted by Crippen LogP contribution is -2.15. The van der Waals surface area contributed by atoms with Crippen LogP contribution in [0.5, 0.6) is 5.75 Å². The molecule has 0 heterocycles. The zero-order valence-electron chi connectivity index (χ0n) is 6.67. The number of aliphatic hydroxyl groups is 1. The minimum Gasteiger partial charge on any atom is -0.506 e. The number of aromatic hydroxyl groups is 1. The highest BCUT2D eigenvalue weighted by atomic mass is 79.9. The van der Waals surface area contributed by atoms with Gasteiger partial charge in [-0.25, -0.2) is 0 Å². The lowest BCUT2D eigenvalue weighted by molar-refractivity contribution is 0.265. The molecule has 0 saturated carbocycles. The van der Waals surface area contributed by atoms with Crippen LogP contribution in [0.15, 0.2) is 21.1 Å². The van der Waals surface area contributed by atoms with Gasteiger partial charge in [-0.15, -0.1) is 0 Å². The molecular weight excluding hydrogens is 302 g/mol. The molecule has 0 amide bonds. The van der Waals surface area contributed by atoms with Crippen LogP contribution in [0.2, 0.25) is 0 Å². The van der Waals surface area contributed by atoms with E-state index in [0.717, 1.165) is 0 Å². The van der Waals surface area contributed by atoms with Gasteiger partial charge in [-0.2, -0.15) is 0 Å². The molecule has 4 N–H and O–H groups in total. The van der Waals surface area contributed by atoms with E-state index in [1.165, 1.54) is 0 Å². The predicted molar refractivity (Wildman–Crippen MR) is 57.5 cm³/mol. The maximum absolute atomic E-state index is 9.61. The van der Waals surface area contributed by atoms with E-state index >= 15 is 0 Å². The second kappa shape index (κ2) is 4.41. The number of aliphatic hydroxyl groups excluding tert-OH is 1. The molecule has 0 unspecified atom stereocenters. The van der Waals surface area contributed by atoms with Gasteiger partial charge in [0.15, 0.2) is 0 Å².